The number of halogens is 1. The van der Waals surface area contributed by atoms with Crippen LogP contribution in [0.1, 0.15) is 30.8 Å². The van der Waals surface area contributed by atoms with Gasteiger partial charge in [0.15, 0.2) is 6.61 Å². The lowest BCUT2D eigenvalue weighted by Gasteiger charge is -2.34. The molecule has 2 atom stereocenters. The van der Waals surface area contributed by atoms with E-state index >= 15 is 0 Å². The number of nitrogens with zero attached hydrogens (tertiary/aromatic N) is 1. The number of carbonyl (C=O) groups is 2. The maximum Gasteiger partial charge on any atom is 0.374 e. The predicted molar refractivity (Wildman–Crippen MR) is 93.9 cm³/mol. The van der Waals surface area contributed by atoms with E-state index in [2.05, 4.69) is 13.8 Å². The molecule has 0 N–H and O–H groups in total. The van der Waals surface area contributed by atoms with Gasteiger partial charge < -0.3 is 14.1 Å². The van der Waals surface area contributed by atoms with Gasteiger partial charge in [-0.05, 0) is 42.5 Å². The number of esters is 1. The zero-order chi connectivity index (χ0) is 18.7. The summed E-state index contributed by atoms with van der Waals surface area (Å²) in [7, 11) is 0. The van der Waals surface area contributed by atoms with Crippen LogP contribution in [-0.4, -0.2) is 36.5 Å². The summed E-state index contributed by atoms with van der Waals surface area (Å²) in [5.74, 6) is -0.336. The molecular weight excluding hydrogens is 337 g/mol. The van der Waals surface area contributed by atoms with E-state index in [1.807, 2.05) is 0 Å². The molecule has 138 valence electrons. The van der Waals surface area contributed by atoms with Crippen LogP contribution < -0.4 is 0 Å². The third kappa shape index (κ3) is 4.12. The molecule has 1 fully saturated rings. The summed E-state index contributed by atoms with van der Waals surface area (Å²) in [5.41, 5.74) is 0.263. The van der Waals surface area contributed by atoms with Gasteiger partial charge in [0.1, 0.15) is 11.6 Å². The molecule has 0 aliphatic carbocycles. The Morgan fingerprint density at radius 2 is 1.85 bits per heavy atom. The van der Waals surface area contributed by atoms with Crippen LogP contribution in [0, 0.1) is 17.7 Å². The van der Waals surface area contributed by atoms with Gasteiger partial charge in [-0.2, -0.15) is 0 Å². The van der Waals surface area contributed by atoms with Crippen molar-refractivity contribution in [3.05, 3.63) is 48.0 Å². The normalized spacial score (nSPS) is 20.0. The van der Waals surface area contributed by atoms with Crippen molar-refractivity contribution in [3.8, 4) is 11.3 Å². The number of ether oxygens (including phenoxy) is 1. The minimum absolute atomic E-state index is 0.0589. The number of furan rings is 1. The largest absolute Gasteiger partial charge is 0.450 e. The van der Waals surface area contributed by atoms with Gasteiger partial charge in [-0.15, -0.1) is 0 Å². The van der Waals surface area contributed by atoms with Crippen molar-refractivity contribution in [1.29, 1.82) is 0 Å². The SMILES string of the molecule is CC1CC(C)CN(C(=O)COC(=O)c2ccc(-c3ccccc3F)o2)C1. The van der Waals surface area contributed by atoms with E-state index in [1.165, 1.54) is 18.2 Å². The van der Waals surface area contributed by atoms with Crippen molar-refractivity contribution in [3.63, 3.8) is 0 Å². The van der Waals surface area contributed by atoms with Gasteiger partial charge in [0.05, 0.1) is 5.56 Å². The van der Waals surface area contributed by atoms with E-state index in [1.54, 1.807) is 23.1 Å². The van der Waals surface area contributed by atoms with E-state index in [0.717, 1.165) is 6.42 Å². The van der Waals surface area contributed by atoms with E-state index < -0.39 is 11.8 Å². The van der Waals surface area contributed by atoms with Gasteiger partial charge in [0.25, 0.3) is 5.91 Å². The summed E-state index contributed by atoms with van der Waals surface area (Å²) in [5, 5.41) is 0. The van der Waals surface area contributed by atoms with Crippen LogP contribution in [0.4, 0.5) is 4.39 Å². The second-order valence-electron chi connectivity index (χ2n) is 6.96. The summed E-state index contributed by atoms with van der Waals surface area (Å²) in [6.07, 6.45) is 1.09. The lowest BCUT2D eigenvalue weighted by atomic mass is 9.92. The minimum Gasteiger partial charge on any atom is -0.450 e. The maximum absolute atomic E-state index is 13.8. The smallest absolute Gasteiger partial charge is 0.374 e. The van der Waals surface area contributed by atoms with Gasteiger partial charge in [0.2, 0.25) is 5.76 Å². The maximum atomic E-state index is 13.8. The van der Waals surface area contributed by atoms with Crippen molar-refractivity contribution >= 4 is 11.9 Å². The highest BCUT2D eigenvalue weighted by Gasteiger charge is 2.26. The molecule has 6 heteroatoms. The molecule has 1 amide bonds. The quantitative estimate of drug-likeness (QED) is 0.780. The standard InChI is InChI=1S/C20H22FNO4/c1-13-9-14(2)11-22(10-13)19(23)12-25-20(24)18-8-7-17(26-18)15-5-3-4-6-16(15)21/h3-8,13-14H,9-12H2,1-2H3. The van der Waals surface area contributed by atoms with E-state index in [0.29, 0.717) is 24.9 Å². The first-order chi connectivity index (χ1) is 12.4. The molecule has 0 bridgehead atoms. The molecule has 2 aromatic rings. The molecule has 1 aliphatic rings. The minimum atomic E-state index is -0.737. The zero-order valence-corrected chi connectivity index (χ0v) is 14.9. The molecule has 3 rings (SSSR count). The van der Waals surface area contributed by atoms with Crippen LogP contribution in [0.15, 0.2) is 40.8 Å². The van der Waals surface area contributed by atoms with E-state index in [-0.39, 0.29) is 29.6 Å². The first-order valence-corrected chi connectivity index (χ1v) is 8.73. The summed E-state index contributed by atoms with van der Waals surface area (Å²) >= 11 is 0. The molecule has 2 heterocycles. The highest BCUT2D eigenvalue weighted by molar-refractivity contribution is 5.89. The van der Waals surface area contributed by atoms with E-state index in [4.69, 9.17) is 9.15 Å². The summed E-state index contributed by atoms with van der Waals surface area (Å²) in [4.78, 5) is 26.1. The third-order valence-electron chi connectivity index (χ3n) is 4.49. The lowest BCUT2D eigenvalue weighted by molar-refractivity contribution is -0.137. The van der Waals surface area contributed by atoms with Crippen molar-refractivity contribution in [1.82, 2.24) is 4.90 Å². The van der Waals surface area contributed by atoms with Gasteiger partial charge in [-0.25, -0.2) is 9.18 Å². The van der Waals surface area contributed by atoms with Gasteiger partial charge >= 0.3 is 5.97 Å². The molecule has 5 nitrogen and oxygen atoms in total. The fourth-order valence-electron chi connectivity index (χ4n) is 3.41. The molecule has 0 radical (unpaired) electrons. The molecule has 0 spiro atoms. The Morgan fingerprint density at radius 1 is 1.15 bits per heavy atom. The Labute approximate surface area is 151 Å². The summed E-state index contributed by atoms with van der Waals surface area (Å²) in [6, 6.07) is 9.05. The van der Waals surface area contributed by atoms with Crippen LogP contribution in [0.3, 0.4) is 0 Å². The number of amides is 1. The number of likely N-dealkylation sites (tertiary alicyclic amines) is 1. The number of benzene rings is 1. The predicted octanol–water partition coefficient (Wildman–Crippen LogP) is 3.75. The summed E-state index contributed by atoms with van der Waals surface area (Å²) in [6.45, 7) is 5.25. The highest BCUT2D eigenvalue weighted by Crippen LogP contribution is 2.25. The first kappa shape index (κ1) is 18.2. The number of hydrogen-bond acceptors (Lipinski definition) is 4. The molecule has 1 aromatic heterocycles. The average Bonchev–Trinajstić information content (AvgIpc) is 3.09. The Kier molecular flexibility index (Phi) is 5.40. The molecule has 0 saturated carbocycles. The van der Waals surface area contributed by atoms with Crippen LogP contribution in [0.5, 0.6) is 0 Å². The molecule has 1 saturated heterocycles. The third-order valence-corrected chi connectivity index (χ3v) is 4.49. The first-order valence-electron chi connectivity index (χ1n) is 8.73. The van der Waals surface area contributed by atoms with Crippen molar-refractivity contribution in [2.75, 3.05) is 19.7 Å². The number of piperidine rings is 1. The monoisotopic (exact) mass is 359 g/mol. The van der Waals surface area contributed by atoms with Crippen LogP contribution >= 0.6 is 0 Å². The lowest BCUT2D eigenvalue weighted by Crippen LogP contribution is -2.44. The second-order valence-corrected chi connectivity index (χ2v) is 6.96. The summed E-state index contributed by atoms with van der Waals surface area (Å²) < 4.78 is 24.2. The van der Waals surface area contributed by atoms with Crippen LogP contribution in [-0.2, 0) is 9.53 Å². The fraction of sp³-hybridized carbons (Fsp3) is 0.400. The Morgan fingerprint density at radius 3 is 2.54 bits per heavy atom. The van der Waals surface area contributed by atoms with E-state index in [9.17, 15) is 14.0 Å². The Bertz CT molecular complexity index is 791. The van der Waals surface area contributed by atoms with Crippen molar-refractivity contribution in [2.24, 2.45) is 11.8 Å². The second kappa shape index (κ2) is 7.72. The average molecular weight is 359 g/mol. The van der Waals surface area contributed by atoms with Crippen LogP contribution in [0.2, 0.25) is 0 Å². The fourth-order valence-corrected chi connectivity index (χ4v) is 3.41. The topological polar surface area (TPSA) is 59.8 Å². The van der Waals surface area contributed by atoms with Gasteiger partial charge in [-0.3, -0.25) is 4.79 Å². The van der Waals surface area contributed by atoms with Gasteiger partial charge in [0, 0.05) is 13.1 Å². The molecule has 1 aliphatic heterocycles. The Balaban J connectivity index is 1.59. The number of rotatable bonds is 4. The molecule has 26 heavy (non-hydrogen) atoms. The van der Waals surface area contributed by atoms with Gasteiger partial charge in [-0.1, -0.05) is 26.0 Å². The number of hydrogen-bond donors (Lipinski definition) is 0. The number of carbonyl (C=O) groups excluding carboxylic acids is 2. The van der Waals surface area contributed by atoms with Crippen molar-refractivity contribution < 1.29 is 23.1 Å². The zero-order valence-electron chi connectivity index (χ0n) is 14.9. The molecule has 1 aromatic carbocycles. The van der Waals surface area contributed by atoms with Crippen molar-refractivity contribution in [2.45, 2.75) is 20.3 Å². The Hall–Kier alpha value is -2.63. The molecule has 2 unspecified atom stereocenters. The highest BCUT2D eigenvalue weighted by atomic mass is 19.1. The van der Waals surface area contributed by atoms with Crippen LogP contribution in [0.25, 0.3) is 11.3 Å². The molecular formula is C20H22FNO4.